The highest BCUT2D eigenvalue weighted by Crippen LogP contribution is 2.41. The highest BCUT2D eigenvalue weighted by atomic mass is 15.1. The lowest BCUT2D eigenvalue weighted by atomic mass is 10.0. The summed E-state index contributed by atoms with van der Waals surface area (Å²) < 4.78 is 2.35. The van der Waals surface area contributed by atoms with Gasteiger partial charge in [-0.15, -0.1) is 0 Å². The van der Waals surface area contributed by atoms with E-state index in [2.05, 4.69) is 143 Å². The van der Waals surface area contributed by atoms with Gasteiger partial charge in [0.1, 0.15) is 0 Å². The number of para-hydroxylation sites is 5. The molecule has 5 nitrogen and oxygen atoms in total. The second-order valence-corrected chi connectivity index (χ2v) is 12.9. The first-order valence-corrected chi connectivity index (χ1v) is 17.5. The van der Waals surface area contributed by atoms with Crippen LogP contribution in [0.5, 0.6) is 0 Å². The lowest BCUT2D eigenvalue weighted by Crippen LogP contribution is -2.11. The summed E-state index contributed by atoms with van der Waals surface area (Å²) in [6.07, 6.45) is 1.86. The molecule has 0 amide bonds. The average Bonchev–Trinajstić information content (AvgIpc) is 3.56. The maximum absolute atomic E-state index is 5.14. The van der Waals surface area contributed by atoms with E-state index in [1.165, 1.54) is 21.8 Å². The molecular formula is C47H31N5. The molecule has 52 heavy (non-hydrogen) atoms. The number of benzene rings is 7. The van der Waals surface area contributed by atoms with Gasteiger partial charge in [-0.3, -0.25) is 4.98 Å². The summed E-state index contributed by atoms with van der Waals surface area (Å²) >= 11 is 0. The topological polar surface area (TPSA) is 46.8 Å². The van der Waals surface area contributed by atoms with Crippen LogP contribution in [0.1, 0.15) is 0 Å². The molecule has 10 rings (SSSR count). The van der Waals surface area contributed by atoms with Crippen molar-refractivity contribution in [2.24, 2.45) is 0 Å². The van der Waals surface area contributed by atoms with Crippen molar-refractivity contribution >= 4 is 60.8 Å². The number of hydrogen-bond donors (Lipinski definition) is 0. The number of anilines is 3. The summed E-state index contributed by atoms with van der Waals surface area (Å²) in [7, 11) is 0. The molecule has 3 heterocycles. The molecule has 0 spiro atoms. The van der Waals surface area contributed by atoms with Crippen molar-refractivity contribution in [3.8, 4) is 28.2 Å². The van der Waals surface area contributed by atoms with Crippen LogP contribution in [0.3, 0.4) is 0 Å². The molecule has 5 heteroatoms. The van der Waals surface area contributed by atoms with Gasteiger partial charge >= 0.3 is 0 Å². The number of rotatable bonds is 6. The smallest absolute Gasteiger partial charge is 0.0973 e. The van der Waals surface area contributed by atoms with E-state index in [1.54, 1.807) is 0 Å². The number of hydrogen-bond acceptors (Lipinski definition) is 4. The van der Waals surface area contributed by atoms with E-state index < -0.39 is 0 Å². The van der Waals surface area contributed by atoms with Crippen molar-refractivity contribution < 1.29 is 0 Å². The molecule has 0 aliphatic carbocycles. The Labute approximate surface area is 300 Å². The van der Waals surface area contributed by atoms with Crippen molar-refractivity contribution in [2.45, 2.75) is 0 Å². The van der Waals surface area contributed by atoms with Gasteiger partial charge in [0.15, 0.2) is 0 Å². The molecule has 7 aromatic carbocycles. The van der Waals surface area contributed by atoms with Gasteiger partial charge in [0.05, 0.1) is 44.7 Å². The van der Waals surface area contributed by atoms with Crippen molar-refractivity contribution in [3.05, 3.63) is 188 Å². The molecular weight excluding hydrogens is 635 g/mol. The van der Waals surface area contributed by atoms with Crippen molar-refractivity contribution in [1.82, 2.24) is 19.5 Å². The Balaban J connectivity index is 1.11. The van der Waals surface area contributed by atoms with Crippen LogP contribution in [0.4, 0.5) is 17.1 Å². The monoisotopic (exact) mass is 665 g/mol. The van der Waals surface area contributed by atoms with E-state index in [9.17, 15) is 0 Å². The van der Waals surface area contributed by atoms with Gasteiger partial charge in [-0.1, -0.05) is 109 Å². The summed E-state index contributed by atoms with van der Waals surface area (Å²) in [5.74, 6) is 0. The van der Waals surface area contributed by atoms with E-state index in [1.807, 2.05) is 54.7 Å². The van der Waals surface area contributed by atoms with Crippen LogP contribution in [0.25, 0.3) is 71.9 Å². The maximum atomic E-state index is 5.14. The van der Waals surface area contributed by atoms with E-state index >= 15 is 0 Å². The van der Waals surface area contributed by atoms with Crippen molar-refractivity contribution in [2.75, 3.05) is 4.90 Å². The van der Waals surface area contributed by atoms with Gasteiger partial charge in [-0.05, 0) is 72.8 Å². The molecule has 0 bridgehead atoms. The Kier molecular flexibility index (Phi) is 7.07. The normalized spacial score (nSPS) is 11.5. The molecule has 0 aliphatic heterocycles. The zero-order valence-electron chi connectivity index (χ0n) is 28.1. The summed E-state index contributed by atoms with van der Waals surface area (Å²) in [6.45, 7) is 0. The zero-order chi connectivity index (χ0) is 34.4. The number of pyridine rings is 1. The van der Waals surface area contributed by atoms with Gasteiger partial charge in [0.25, 0.3) is 0 Å². The number of fused-ring (bicyclic) bond motifs is 5. The fourth-order valence-corrected chi connectivity index (χ4v) is 7.41. The molecule has 0 radical (unpaired) electrons. The molecule has 0 saturated heterocycles. The van der Waals surface area contributed by atoms with Crippen molar-refractivity contribution in [1.29, 1.82) is 0 Å². The fraction of sp³-hybridized carbons (Fsp3) is 0. The predicted molar refractivity (Wildman–Crippen MR) is 215 cm³/mol. The lowest BCUT2D eigenvalue weighted by Gasteiger charge is -2.27. The molecule has 244 valence electrons. The average molecular weight is 666 g/mol. The fourth-order valence-electron chi connectivity index (χ4n) is 7.41. The molecule has 0 N–H and O–H groups in total. The Morgan fingerprint density at radius 3 is 1.62 bits per heavy atom. The Morgan fingerprint density at radius 1 is 0.423 bits per heavy atom. The largest absolute Gasteiger partial charge is 0.309 e. The molecule has 3 aromatic heterocycles. The number of nitrogens with zero attached hydrogens (tertiary/aromatic N) is 5. The first-order chi connectivity index (χ1) is 25.8. The molecule has 0 atom stereocenters. The third-order valence-corrected chi connectivity index (χ3v) is 9.82. The van der Waals surface area contributed by atoms with Crippen LogP contribution in [0.15, 0.2) is 188 Å². The summed E-state index contributed by atoms with van der Waals surface area (Å²) in [5, 5.41) is 3.58. The van der Waals surface area contributed by atoms with Gasteiger partial charge in [0, 0.05) is 50.5 Å². The van der Waals surface area contributed by atoms with Crippen LogP contribution in [0.2, 0.25) is 0 Å². The second-order valence-electron chi connectivity index (χ2n) is 12.9. The first kappa shape index (κ1) is 29.8. The van der Waals surface area contributed by atoms with E-state index in [4.69, 9.17) is 15.0 Å². The Bertz CT molecular complexity index is 2840. The maximum Gasteiger partial charge on any atom is 0.0973 e. The van der Waals surface area contributed by atoms with Gasteiger partial charge < -0.3 is 9.47 Å². The van der Waals surface area contributed by atoms with Crippen LogP contribution < -0.4 is 4.90 Å². The second kappa shape index (κ2) is 12.3. The summed E-state index contributed by atoms with van der Waals surface area (Å²) in [5.41, 5.74) is 13.0. The molecule has 0 saturated carbocycles. The Morgan fingerprint density at radius 2 is 0.962 bits per heavy atom. The minimum absolute atomic E-state index is 0.852. The summed E-state index contributed by atoms with van der Waals surface area (Å²) in [6, 6.07) is 63.5. The van der Waals surface area contributed by atoms with Crippen LogP contribution >= 0.6 is 0 Å². The van der Waals surface area contributed by atoms with Gasteiger partial charge in [0.2, 0.25) is 0 Å². The van der Waals surface area contributed by atoms with Crippen molar-refractivity contribution in [3.63, 3.8) is 0 Å². The first-order valence-electron chi connectivity index (χ1n) is 17.5. The number of aromatic nitrogens is 4. The van der Waals surface area contributed by atoms with Crippen LogP contribution in [-0.2, 0) is 0 Å². The highest BCUT2D eigenvalue weighted by Gasteiger charge is 2.19. The van der Waals surface area contributed by atoms with E-state index in [-0.39, 0.29) is 0 Å². The molecule has 10 aromatic rings. The van der Waals surface area contributed by atoms with E-state index in [0.717, 1.165) is 67.2 Å². The minimum atomic E-state index is 0.852. The minimum Gasteiger partial charge on any atom is -0.309 e. The zero-order valence-corrected chi connectivity index (χ0v) is 28.1. The third kappa shape index (κ3) is 4.98. The summed E-state index contributed by atoms with van der Waals surface area (Å²) in [4.78, 5) is 17.4. The molecule has 0 unspecified atom stereocenters. The van der Waals surface area contributed by atoms with Crippen LogP contribution in [-0.4, -0.2) is 19.5 Å². The predicted octanol–water partition coefficient (Wildman–Crippen LogP) is 12.1. The quantitative estimate of drug-likeness (QED) is 0.177. The van der Waals surface area contributed by atoms with Gasteiger partial charge in [-0.25, -0.2) is 9.97 Å². The SMILES string of the molecule is c1ccc(-c2nc3ccccc3nc2-c2ccc(N(c3ccc(-n4c5ccccc5c5ccccc54)cc3)c3cccc4cccnc34)cc2)cc1. The molecule has 0 aliphatic rings. The lowest BCUT2D eigenvalue weighted by molar-refractivity contribution is 1.17. The Hall–Kier alpha value is -7.11. The van der Waals surface area contributed by atoms with E-state index in [0.29, 0.717) is 0 Å². The van der Waals surface area contributed by atoms with Crippen LogP contribution in [0, 0.1) is 0 Å². The van der Waals surface area contributed by atoms with Gasteiger partial charge in [-0.2, -0.15) is 0 Å². The standard InChI is InChI=1S/C47H31N5/c1-2-12-33(13-3-1)46-47(50-41-19-7-6-18-40(41)49-46)34-23-25-35(26-24-34)51(44-22-10-14-32-15-11-31-48-45(32)44)36-27-29-37(30-28-36)52-42-20-8-4-16-38(42)39-17-5-9-21-43(39)52/h1-31H. The molecule has 0 fully saturated rings. The third-order valence-electron chi connectivity index (χ3n) is 9.82. The highest BCUT2D eigenvalue weighted by molar-refractivity contribution is 6.09.